The first kappa shape index (κ1) is 15.2. The summed E-state index contributed by atoms with van der Waals surface area (Å²) in [6.07, 6.45) is 4.08. The zero-order chi connectivity index (χ0) is 16.1. The van der Waals surface area contributed by atoms with Crippen molar-refractivity contribution >= 4 is 45.8 Å². The highest BCUT2D eigenvalue weighted by Crippen LogP contribution is 2.38. The molecule has 0 amide bonds. The lowest BCUT2D eigenvalue weighted by Gasteiger charge is -2.17. The maximum atomic E-state index is 11.8. The molecule has 1 unspecified atom stereocenters. The van der Waals surface area contributed by atoms with Gasteiger partial charge in [0.2, 0.25) is 0 Å². The maximum Gasteiger partial charge on any atom is 0.195 e. The van der Waals surface area contributed by atoms with Gasteiger partial charge in [-0.2, -0.15) is 0 Å². The van der Waals surface area contributed by atoms with Crippen LogP contribution >= 0.6 is 34.5 Å². The molecule has 4 rings (SSSR count). The van der Waals surface area contributed by atoms with E-state index in [4.69, 9.17) is 28.2 Å². The van der Waals surface area contributed by atoms with E-state index in [9.17, 15) is 4.79 Å². The van der Waals surface area contributed by atoms with Gasteiger partial charge in [-0.05, 0) is 43.4 Å². The molecular formula is C17H14Cl2N2OS. The lowest BCUT2D eigenvalue weighted by Crippen LogP contribution is -2.11. The van der Waals surface area contributed by atoms with Crippen LogP contribution in [0.1, 0.15) is 34.4 Å². The van der Waals surface area contributed by atoms with Gasteiger partial charge in [-0.3, -0.25) is 9.20 Å². The summed E-state index contributed by atoms with van der Waals surface area (Å²) < 4.78 is 2.01. The monoisotopic (exact) mass is 364 g/mol. The Hall–Kier alpha value is -1.36. The first-order valence-corrected chi connectivity index (χ1v) is 9.09. The highest BCUT2D eigenvalue weighted by atomic mass is 35.5. The normalized spacial score (nSPS) is 17.4. The largest absolute Gasteiger partial charge is 0.296 e. The number of aldehydes is 1. The smallest absolute Gasteiger partial charge is 0.195 e. The van der Waals surface area contributed by atoms with E-state index in [1.807, 2.05) is 10.5 Å². The van der Waals surface area contributed by atoms with Crippen molar-refractivity contribution in [3.8, 4) is 11.3 Å². The molecule has 1 aliphatic rings. The number of halogens is 2. The first-order chi connectivity index (χ1) is 11.1. The number of fused-ring (bicyclic) bond motifs is 3. The van der Waals surface area contributed by atoms with Crippen molar-refractivity contribution in [3.63, 3.8) is 0 Å². The van der Waals surface area contributed by atoms with Crippen molar-refractivity contribution < 1.29 is 4.79 Å². The van der Waals surface area contributed by atoms with Crippen LogP contribution in [0.5, 0.6) is 0 Å². The molecule has 6 heteroatoms. The SMILES string of the molecule is CC1CCc2c(sc3nc(-c4ccc(Cl)cc4Cl)c(C=O)n23)C1. The van der Waals surface area contributed by atoms with Crippen LogP contribution in [0.4, 0.5) is 0 Å². The Bertz CT molecular complexity index is 928. The quantitative estimate of drug-likeness (QED) is 0.577. The van der Waals surface area contributed by atoms with Crippen LogP contribution in [0, 0.1) is 5.92 Å². The fraction of sp³-hybridized carbons (Fsp3) is 0.294. The molecule has 0 spiro atoms. The van der Waals surface area contributed by atoms with Crippen LogP contribution in [0.2, 0.25) is 10.0 Å². The summed E-state index contributed by atoms with van der Waals surface area (Å²) in [6, 6.07) is 5.26. The van der Waals surface area contributed by atoms with Crippen LogP contribution in [-0.2, 0) is 12.8 Å². The molecular weight excluding hydrogens is 351 g/mol. The number of imidazole rings is 1. The second-order valence-corrected chi connectivity index (χ2v) is 7.93. The zero-order valence-electron chi connectivity index (χ0n) is 12.5. The highest BCUT2D eigenvalue weighted by Gasteiger charge is 2.25. The highest BCUT2D eigenvalue weighted by molar-refractivity contribution is 7.17. The van der Waals surface area contributed by atoms with Gasteiger partial charge in [0.05, 0.1) is 5.02 Å². The summed E-state index contributed by atoms with van der Waals surface area (Å²) in [5.41, 5.74) is 3.19. The Labute approximate surface area is 147 Å². The second kappa shape index (κ2) is 5.62. The molecule has 0 aliphatic heterocycles. The van der Waals surface area contributed by atoms with E-state index in [0.29, 0.717) is 27.4 Å². The number of rotatable bonds is 2. The van der Waals surface area contributed by atoms with Gasteiger partial charge in [0.25, 0.3) is 0 Å². The molecule has 3 nitrogen and oxygen atoms in total. The standard InChI is InChI=1S/C17H14Cl2N2OS/c1-9-2-5-13-15(6-9)23-17-20-16(14(8-22)21(13)17)11-4-3-10(18)7-12(11)19/h3-4,7-9H,2,5-6H2,1H3. The van der Waals surface area contributed by atoms with Crippen molar-refractivity contribution in [2.45, 2.75) is 26.2 Å². The summed E-state index contributed by atoms with van der Waals surface area (Å²) >= 11 is 14.0. The Morgan fingerprint density at radius 3 is 2.96 bits per heavy atom. The maximum absolute atomic E-state index is 11.8. The molecule has 23 heavy (non-hydrogen) atoms. The number of nitrogens with zero attached hydrogens (tertiary/aromatic N) is 2. The van der Waals surface area contributed by atoms with Gasteiger partial charge in [-0.1, -0.05) is 30.1 Å². The summed E-state index contributed by atoms with van der Waals surface area (Å²) in [6.45, 7) is 2.27. The fourth-order valence-corrected chi connectivity index (χ4v) is 5.07. The number of hydrogen-bond donors (Lipinski definition) is 0. The molecule has 3 aromatic rings. The summed E-state index contributed by atoms with van der Waals surface area (Å²) in [7, 11) is 0. The summed E-state index contributed by atoms with van der Waals surface area (Å²) in [4.78, 5) is 18.7. The fourth-order valence-electron chi connectivity index (χ4n) is 3.24. The molecule has 1 atom stereocenters. The van der Waals surface area contributed by atoms with Crippen molar-refractivity contribution in [1.29, 1.82) is 0 Å². The minimum absolute atomic E-state index is 0.508. The van der Waals surface area contributed by atoms with Crippen LogP contribution in [0.15, 0.2) is 18.2 Å². The molecule has 1 aliphatic carbocycles. The Morgan fingerprint density at radius 1 is 1.39 bits per heavy atom. The number of aromatic nitrogens is 2. The van der Waals surface area contributed by atoms with Crippen molar-refractivity contribution in [3.05, 3.63) is 44.5 Å². The van der Waals surface area contributed by atoms with Gasteiger partial charge >= 0.3 is 0 Å². The van der Waals surface area contributed by atoms with E-state index in [1.165, 1.54) is 10.6 Å². The van der Waals surface area contributed by atoms with E-state index in [2.05, 4.69) is 6.92 Å². The average Bonchev–Trinajstić information content (AvgIpc) is 3.01. The van der Waals surface area contributed by atoms with Crippen LogP contribution in [-0.4, -0.2) is 15.7 Å². The van der Waals surface area contributed by atoms with Crippen molar-refractivity contribution in [2.75, 3.05) is 0 Å². The first-order valence-electron chi connectivity index (χ1n) is 7.52. The zero-order valence-corrected chi connectivity index (χ0v) is 14.8. The predicted octanol–water partition coefficient (Wildman–Crippen LogP) is 5.31. The average molecular weight is 365 g/mol. The van der Waals surface area contributed by atoms with E-state index < -0.39 is 0 Å². The number of thiazole rings is 1. The Balaban J connectivity index is 1.95. The van der Waals surface area contributed by atoms with Crippen LogP contribution in [0.25, 0.3) is 16.2 Å². The number of carbonyl (C=O) groups excluding carboxylic acids is 1. The molecule has 118 valence electrons. The van der Waals surface area contributed by atoms with Crippen LogP contribution < -0.4 is 0 Å². The molecule has 0 fully saturated rings. The molecule has 0 radical (unpaired) electrons. The van der Waals surface area contributed by atoms with Gasteiger partial charge in [0.15, 0.2) is 11.2 Å². The molecule has 0 saturated carbocycles. The van der Waals surface area contributed by atoms with Crippen LogP contribution in [0.3, 0.4) is 0 Å². The lowest BCUT2D eigenvalue weighted by atomic mass is 9.93. The third-order valence-corrected chi connectivity index (χ3v) is 6.05. The summed E-state index contributed by atoms with van der Waals surface area (Å²) in [5, 5.41) is 1.08. The van der Waals surface area contributed by atoms with E-state index >= 15 is 0 Å². The van der Waals surface area contributed by atoms with Gasteiger partial charge in [-0.15, -0.1) is 11.3 Å². The van der Waals surface area contributed by atoms with E-state index in [-0.39, 0.29) is 0 Å². The van der Waals surface area contributed by atoms with Gasteiger partial charge in [0, 0.05) is 21.2 Å². The van der Waals surface area contributed by atoms with Gasteiger partial charge in [0.1, 0.15) is 11.4 Å². The van der Waals surface area contributed by atoms with E-state index in [1.54, 1.807) is 23.5 Å². The molecule has 1 aromatic carbocycles. The predicted molar refractivity (Wildman–Crippen MR) is 95.1 cm³/mol. The number of benzene rings is 1. The lowest BCUT2D eigenvalue weighted by molar-refractivity contribution is 0.111. The summed E-state index contributed by atoms with van der Waals surface area (Å²) in [5.74, 6) is 0.690. The van der Waals surface area contributed by atoms with E-state index in [0.717, 1.165) is 36.1 Å². The number of aryl methyl sites for hydroxylation is 1. The third-order valence-electron chi connectivity index (χ3n) is 4.39. The Kier molecular flexibility index (Phi) is 3.71. The molecule has 0 saturated heterocycles. The molecule has 2 aromatic heterocycles. The topological polar surface area (TPSA) is 34.4 Å². The second-order valence-electron chi connectivity index (χ2n) is 6.03. The third kappa shape index (κ3) is 2.40. The molecule has 0 N–H and O–H groups in total. The molecule has 0 bridgehead atoms. The van der Waals surface area contributed by atoms with Crippen molar-refractivity contribution in [1.82, 2.24) is 9.38 Å². The Morgan fingerprint density at radius 2 is 2.22 bits per heavy atom. The van der Waals surface area contributed by atoms with Gasteiger partial charge in [-0.25, -0.2) is 4.98 Å². The van der Waals surface area contributed by atoms with Crippen molar-refractivity contribution in [2.24, 2.45) is 5.92 Å². The number of hydrogen-bond acceptors (Lipinski definition) is 3. The minimum atomic E-state index is 0.508. The van der Waals surface area contributed by atoms with Gasteiger partial charge < -0.3 is 0 Å². The number of carbonyl (C=O) groups is 1. The molecule has 2 heterocycles. The minimum Gasteiger partial charge on any atom is -0.296 e.